The Bertz CT molecular complexity index is 368. The van der Waals surface area contributed by atoms with Crippen molar-refractivity contribution in [2.75, 3.05) is 0 Å². The molecule has 0 spiro atoms. The van der Waals surface area contributed by atoms with Crippen molar-refractivity contribution in [2.45, 2.75) is 26.1 Å². The van der Waals surface area contributed by atoms with E-state index in [1.807, 2.05) is 0 Å². The summed E-state index contributed by atoms with van der Waals surface area (Å²) >= 11 is 0. The smallest absolute Gasteiger partial charge is 0.425 e. The van der Waals surface area contributed by atoms with Gasteiger partial charge in [-0.15, -0.1) is 0 Å². The van der Waals surface area contributed by atoms with Crippen LogP contribution in [-0.4, -0.2) is 18.1 Å². The number of hydrogen-bond donors (Lipinski definition) is 0. The molecular weight excluding hydrogens is 221 g/mol. The van der Waals surface area contributed by atoms with Crippen LogP contribution in [0.3, 0.4) is 0 Å². The number of alkyl halides is 3. The number of benzene rings is 1. The zero-order chi connectivity index (χ0) is 12.3. The monoisotopic (exact) mass is 232 g/mol. The number of halogens is 3. The van der Waals surface area contributed by atoms with Crippen molar-refractivity contribution in [3.05, 3.63) is 29.8 Å². The molecule has 5 heteroatoms. The van der Waals surface area contributed by atoms with Gasteiger partial charge in [-0.05, 0) is 38.1 Å². The maximum absolute atomic E-state index is 12.2. The average molecular weight is 232 g/mol. The fourth-order valence-corrected chi connectivity index (χ4v) is 1.04. The standard InChI is InChI=1S/C11H11F3O2/c1-7(15)9-3-5-10(6-4-9)16-8(2)11(12,13)14/h3-6,8H,1-2H3. The molecule has 1 atom stereocenters. The molecule has 0 aliphatic carbocycles. The number of carbonyl (C=O) groups is 1. The second-order valence-electron chi connectivity index (χ2n) is 3.38. The van der Waals surface area contributed by atoms with E-state index < -0.39 is 12.3 Å². The number of ether oxygens (including phenoxy) is 1. The lowest BCUT2D eigenvalue weighted by molar-refractivity contribution is -0.189. The molecule has 0 bridgehead atoms. The molecule has 0 saturated heterocycles. The first-order valence-electron chi connectivity index (χ1n) is 4.65. The van der Waals surface area contributed by atoms with Gasteiger partial charge in [0.05, 0.1) is 0 Å². The van der Waals surface area contributed by atoms with E-state index in [0.29, 0.717) is 5.56 Å². The summed E-state index contributed by atoms with van der Waals surface area (Å²) in [4.78, 5) is 10.9. The predicted octanol–water partition coefficient (Wildman–Crippen LogP) is 3.22. The Morgan fingerprint density at radius 2 is 1.75 bits per heavy atom. The van der Waals surface area contributed by atoms with Crippen LogP contribution in [0.25, 0.3) is 0 Å². The third kappa shape index (κ3) is 3.25. The quantitative estimate of drug-likeness (QED) is 0.748. The largest absolute Gasteiger partial charge is 0.481 e. The minimum absolute atomic E-state index is 0.0924. The maximum Gasteiger partial charge on any atom is 0.425 e. The summed E-state index contributed by atoms with van der Waals surface area (Å²) in [5, 5.41) is 0. The predicted molar refractivity (Wildman–Crippen MR) is 52.6 cm³/mol. The van der Waals surface area contributed by atoms with Crippen molar-refractivity contribution in [1.82, 2.24) is 0 Å². The van der Waals surface area contributed by atoms with Gasteiger partial charge >= 0.3 is 6.18 Å². The molecule has 16 heavy (non-hydrogen) atoms. The van der Waals surface area contributed by atoms with Gasteiger partial charge in [-0.1, -0.05) is 0 Å². The normalized spacial score (nSPS) is 13.3. The van der Waals surface area contributed by atoms with Gasteiger partial charge in [-0.25, -0.2) is 0 Å². The Morgan fingerprint density at radius 1 is 1.25 bits per heavy atom. The molecule has 0 aliphatic rings. The first kappa shape index (κ1) is 12.5. The van der Waals surface area contributed by atoms with Gasteiger partial charge in [0, 0.05) is 5.56 Å². The summed E-state index contributed by atoms with van der Waals surface area (Å²) in [6.45, 7) is 2.31. The maximum atomic E-state index is 12.2. The molecule has 1 aromatic rings. The molecule has 0 saturated carbocycles. The van der Waals surface area contributed by atoms with Crippen LogP contribution in [0.4, 0.5) is 13.2 Å². The Labute approximate surface area is 91.0 Å². The summed E-state index contributed by atoms with van der Waals surface area (Å²) in [7, 11) is 0. The van der Waals surface area contributed by atoms with E-state index in [1.54, 1.807) is 0 Å². The molecule has 0 N–H and O–H groups in total. The molecule has 2 nitrogen and oxygen atoms in total. The Balaban J connectivity index is 2.73. The SMILES string of the molecule is CC(=O)c1ccc(OC(C)C(F)(F)F)cc1. The average Bonchev–Trinajstić information content (AvgIpc) is 2.17. The van der Waals surface area contributed by atoms with Crippen molar-refractivity contribution in [1.29, 1.82) is 0 Å². The summed E-state index contributed by atoms with van der Waals surface area (Å²) < 4.78 is 41.2. The topological polar surface area (TPSA) is 26.3 Å². The van der Waals surface area contributed by atoms with E-state index in [-0.39, 0.29) is 11.5 Å². The van der Waals surface area contributed by atoms with Crippen LogP contribution in [-0.2, 0) is 0 Å². The van der Waals surface area contributed by atoms with Crippen molar-refractivity contribution < 1.29 is 22.7 Å². The van der Waals surface area contributed by atoms with Crippen LogP contribution in [0.2, 0.25) is 0 Å². The van der Waals surface area contributed by atoms with Gasteiger partial charge < -0.3 is 4.74 Å². The second-order valence-corrected chi connectivity index (χ2v) is 3.38. The van der Waals surface area contributed by atoms with Crippen LogP contribution in [0.15, 0.2) is 24.3 Å². The van der Waals surface area contributed by atoms with Gasteiger partial charge in [0.15, 0.2) is 11.9 Å². The number of rotatable bonds is 3. The van der Waals surface area contributed by atoms with Crippen molar-refractivity contribution in [3.8, 4) is 5.75 Å². The van der Waals surface area contributed by atoms with Gasteiger partial charge in [-0.3, -0.25) is 4.79 Å². The summed E-state index contributed by atoms with van der Waals surface area (Å²) in [6.07, 6.45) is -6.25. The molecule has 1 rings (SSSR count). The van der Waals surface area contributed by atoms with E-state index in [2.05, 4.69) is 4.74 Å². The Kier molecular flexibility index (Phi) is 3.57. The number of Topliss-reactive ketones (excluding diaryl/α,β-unsaturated/α-hetero) is 1. The molecule has 0 aliphatic heterocycles. The molecule has 1 aromatic carbocycles. The third-order valence-corrected chi connectivity index (χ3v) is 2.03. The van der Waals surface area contributed by atoms with E-state index >= 15 is 0 Å². The third-order valence-electron chi connectivity index (χ3n) is 2.03. The van der Waals surface area contributed by atoms with Crippen LogP contribution < -0.4 is 4.74 Å². The minimum Gasteiger partial charge on any atom is -0.481 e. The number of hydrogen-bond acceptors (Lipinski definition) is 2. The fraction of sp³-hybridized carbons (Fsp3) is 0.364. The molecule has 0 amide bonds. The van der Waals surface area contributed by atoms with Gasteiger partial charge in [0.2, 0.25) is 0 Å². The molecular formula is C11H11F3O2. The minimum atomic E-state index is -4.39. The zero-order valence-electron chi connectivity index (χ0n) is 8.84. The Morgan fingerprint density at radius 3 is 2.12 bits per heavy atom. The highest BCUT2D eigenvalue weighted by atomic mass is 19.4. The van der Waals surface area contributed by atoms with E-state index in [4.69, 9.17) is 0 Å². The highest BCUT2D eigenvalue weighted by Crippen LogP contribution is 2.24. The molecule has 0 fully saturated rings. The van der Waals surface area contributed by atoms with Gasteiger partial charge in [0.1, 0.15) is 5.75 Å². The molecule has 88 valence electrons. The van der Waals surface area contributed by atoms with Crippen LogP contribution in [0, 0.1) is 0 Å². The first-order chi connectivity index (χ1) is 7.30. The van der Waals surface area contributed by atoms with Gasteiger partial charge in [0.25, 0.3) is 0 Å². The molecule has 1 unspecified atom stereocenters. The van der Waals surface area contributed by atoms with E-state index in [0.717, 1.165) is 6.92 Å². The number of carbonyl (C=O) groups excluding carboxylic acids is 1. The fourth-order valence-electron chi connectivity index (χ4n) is 1.04. The molecule has 0 radical (unpaired) electrons. The summed E-state index contributed by atoms with van der Waals surface area (Å²) in [5.74, 6) is -0.0507. The van der Waals surface area contributed by atoms with E-state index in [1.165, 1.54) is 31.2 Å². The highest BCUT2D eigenvalue weighted by Gasteiger charge is 2.37. The van der Waals surface area contributed by atoms with Crippen molar-refractivity contribution >= 4 is 5.78 Å². The molecule has 0 heterocycles. The first-order valence-corrected chi connectivity index (χ1v) is 4.65. The van der Waals surface area contributed by atoms with Crippen molar-refractivity contribution in [2.24, 2.45) is 0 Å². The zero-order valence-corrected chi connectivity index (χ0v) is 8.84. The summed E-state index contributed by atoms with van der Waals surface area (Å²) in [6, 6.07) is 5.56. The van der Waals surface area contributed by atoms with Gasteiger partial charge in [-0.2, -0.15) is 13.2 Å². The van der Waals surface area contributed by atoms with Crippen LogP contribution >= 0.6 is 0 Å². The number of ketones is 1. The van der Waals surface area contributed by atoms with E-state index in [9.17, 15) is 18.0 Å². The lowest BCUT2D eigenvalue weighted by Gasteiger charge is -2.17. The summed E-state index contributed by atoms with van der Waals surface area (Å²) in [5.41, 5.74) is 0.437. The lowest BCUT2D eigenvalue weighted by Crippen LogP contribution is -2.31. The lowest BCUT2D eigenvalue weighted by atomic mass is 10.1. The molecule has 0 aromatic heterocycles. The van der Waals surface area contributed by atoms with Crippen LogP contribution in [0.5, 0.6) is 5.75 Å². The van der Waals surface area contributed by atoms with Crippen molar-refractivity contribution in [3.63, 3.8) is 0 Å². The highest BCUT2D eigenvalue weighted by molar-refractivity contribution is 5.94. The Hall–Kier alpha value is -1.52. The second kappa shape index (κ2) is 4.55. The van der Waals surface area contributed by atoms with Crippen LogP contribution in [0.1, 0.15) is 24.2 Å².